The molecule has 24 heavy (non-hydrogen) atoms. The van der Waals surface area contributed by atoms with Gasteiger partial charge in [0, 0.05) is 6.54 Å². The van der Waals surface area contributed by atoms with E-state index in [0.717, 1.165) is 31.2 Å². The first-order chi connectivity index (χ1) is 11.5. The summed E-state index contributed by atoms with van der Waals surface area (Å²) in [5.74, 6) is -0.691. The minimum absolute atomic E-state index is 0.219. The number of aliphatic hydroxyl groups is 1. The Labute approximate surface area is 144 Å². The van der Waals surface area contributed by atoms with E-state index in [-0.39, 0.29) is 17.1 Å². The molecule has 1 aromatic carbocycles. The third kappa shape index (κ3) is 3.69. The van der Waals surface area contributed by atoms with Crippen LogP contribution >= 0.6 is 0 Å². The van der Waals surface area contributed by atoms with Crippen molar-refractivity contribution >= 4 is 11.7 Å². The Balaban J connectivity index is 2.35. The molecule has 2 atom stereocenters. The second-order valence-electron chi connectivity index (χ2n) is 6.51. The number of ketones is 1. The molecule has 0 saturated carbocycles. The highest BCUT2D eigenvalue weighted by Crippen LogP contribution is 2.38. The van der Waals surface area contributed by atoms with Crippen molar-refractivity contribution in [1.29, 1.82) is 0 Å². The van der Waals surface area contributed by atoms with Gasteiger partial charge in [-0.2, -0.15) is 0 Å². The van der Waals surface area contributed by atoms with Gasteiger partial charge in [0.2, 0.25) is 0 Å². The molecule has 1 heterocycles. The zero-order valence-electron chi connectivity index (χ0n) is 14.8. The third-order valence-corrected chi connectivity index (χ3v) is 4.80. The lowest BCUT2D eigenvalue weighted by Crippen LogP contribution is -2.35. The molecule has 1 amide bonds. The molecule has 4 nitrogen and oxygen atoms in total. The number of carbonyl (C=O) groups excluding carboxylic acids is 2. The van der Waals surface area contributed by atoms with Crippen LogP contribution in [0.2, 0.25) is 0 Å². The second-order valence-corrected chi connectivity index (χ2v) is 6.51. The summed E-state index contributed by atoms with van der Waals surface area (Å²) >= 11 is 0. The normalized spacial score (nSPS) is 19.0. The fraction of sp³-hybridized carbons (Fsp3) is 0.500. The van der Waals surface area contributed by atoms with E-state index >= 15 is 0 Å². The van der Waals surface area contributed by atoms with Crippen molar-refractivity contribution < 1.29 is 14.7 Å². The fourth-order valence-electron chi connectivity index (χ4n) is 3.38. The molecule has 0 bridgehead atoms. The Hall–Kier alpha value is -2.10. The van der Waals surface area contributed by atoms with Gasteiger partial charge in [0.15, 0.2) is 11.5 Å². The lowest BCUT2D eigenvalue weighted by molar-refractivity contribution is -0.130. The zero-order valence-corrected chi connectivity index (χ0v) is 14.8. The van der Waals surface area contributed by atoms with E-state index in [2.05, 4.69) is 13.8 Å². The fourth-order valence-corrected chi connectivity index (χ4v) is 3.38. The van der Waals surface area contributed by atoms with Crippen LogP contribution in [0.15, 0.2) is 41.7 Å². The van der Waals surface area contributed by atoms with Crippen molar-refractivity contribution in [2.75, 3.05) is 6.54 Å². The van der Waals surface area contributed by atoms with Gasteiger partial charge in [-0.25, -0.2) is 0 Å². The van der Waals surface area contributed by atoms with Gasteiger partial charge >= 0.3 is 0 Å². The first-order valence-electron chi connectivity index (χ1n) is 8.81. The summed E-state index contributed by atoms with van der Waals surface area (Å²) in [6.07, 6.45) is 4.26. The van der Waals surface area contributed by atoms with Gasteiger partial charge in [0.25, 0.3) is 5.91 Å². The van der Waals surface area contributed by atoms with Gasteiger partial charge in [-0.3, -0.25) is 9.59 Å². The summed E-state index contributed by atoms with van der Waals surface area (Å²) in [5, 5.41) is 10.3. The molecule has 1 aliphatic heterocycles. The molecule has 1 aromatic rings. The van der Waals surface area contributed by atoms with Crippen molar-refractivity contribution in [3.05, 3.63) is 47.2 Å². The van der Waals surface area contributed by atoms with Gasteiger partial charge in [-0.05, 0) is 24.8 Å². The van der Waals surface area contributed by atoms with Crippen molar-refractivity contribution in [1.82, 2.24) is 4.90 Å². The van der Waals surface area contributed by atoms with Crippen LogP contribution in [0.3, 0.4) is 0 Å². The number of unbranched alkanes of at least 4 members (excludes halogenated alkanes) is 1. The molecule has 4 heteroatoms. The summed E-state index contributed by atoms with van der Waals surface area (Å²) in [7, 11) is 0. The van der Waals surface area contributed by atoms with Crippen molar-refractivity contribution in [2.45, 2.75) is 52.5 Å². The maximum absolute atomic E-state index is 12.6. The Morgan fingerprint density at radius 3 is 2.46 bits per heavy atom. The molecule has 1 aliphatic rings. The predicted molar refractivity (Wildman–Crippen MR) is 94.5 cm³/mol. The topological polar surface area (TPSA) is 57.6 Å². The minimum Gasteiger partial charge on any atom is -0.503 e. The highest BCUT2D eigenvalue weighted by atomic mass is 16.3. The zero-order chi connectivity index (χ0) is 17.7. The van der Waals surface area contributed by atoms with Gasteiger partial charge in [0.05, 0.1) is 11.6 Å². The van der Waals surface area contributed by atoms with E-state index in [1.54, 1.807) is 4.90 Å². The number of benzene rings is 1. The molecule has 0 aliphatic carbocycles. The van der Waals surface area contributed by atoms with Crippen molar-refractivity contribution in [3.8, 4) is 0 Å². The Kier molecular flexibility index (Phi) is 6.18. The number of amides is 1. The summed E-state index contributed by atoms with van der Waals surface area (Å²) in [6.45, 7) is 6.25. The van der Waals surface area contributed by atoms with Gasteiger partial charge < -0.3 is 10.0 Å². The van der Waals surface area contributed by atoms with Gasteiger partial charge in [-0.1, -0.05) is 63.4 Å². The molecule has 0 fully saturated rings. The quantitative estimate of drug-likeness (QED) is 0.778. The Morgan fingerprint density at radius 2 is 1.92 bits per heavy atom. The van der Waals surface area contributed by atoms with Crippen LogP contribution in [0.4, 0.5) is 0 Å². The number of carbonyl (C=O) groups is 2. The van der Waals surface area contributed by atoms with Crippen LogP contribution in [0.25, 0.3) is 0 Å². The summed E-state index contributed by atoms with van der Waals surface area (Å²) in [6, 6.07) is 9.00. The number of Topliss-reactive ketones (excluding diaryl/α,β-unsaturated/α-hetero) is 1. The highest BCUT2D eigenvalue weighted by molar-refractivity contribution is 6.08. The molecule has 2 unspecified atom stereocenters. The highest BCUT2D eigenvalue weighted by Gasteiger charge is 2.42. The number of hydrogen-bond acceptors (Lipinski definition) is 3. The molecule has 0 spiro atoms. The van der Waals surface area contributed by atoms with E-state index < -0.39 is 11.9 Å². The number of hydrogen-bond donors (Lipinski definition) is 1. The molecular formula is C20H27NO3. The van der Waals surface area contributed by atoms with E-state index in [0.29, 0.717) is 12.5 Å². The van der Waals surface area contributed by atoms with Crippen molar-refractivity contribution in [3.63, 3.8) is 0 Å². The second kappa shape index (κ2) is 8.13. The number of aliphatic hydroxyl groups excluding tert-OH is 1. The molecule has 1 N–H and O–H groups in total. The monoisotopic (exact) mass is 329 g/mol. The first-order valence-corrected chi connectivity index (χ1v) is 8.81. The molecule has 0 radical (unpaired) electrons. The van der Waals surface area contributed by atoms with Crippen LogP contribution in [0, 0.1) is 5.92 Å². The van der Waals surface area contributed by atoms with Crippen LogP contribution in [0.1, 0.15) is 58.1 Å². The lowest BCUT2D eigenvalue weighted by Gasteiger charge is -2.30. The molecule has 0 saturated heterocycles. The van der Waals surface area contributed by atoms with E-state index in [1.807, 2.05) is 30.3 Å². The van der Waals surface area contributed by atoms with Gasteiger partial charge in [0.1, 0.15) is 0 Å². The lowest BCUT2D eigenvalue weighted by atomic mass is 9.94. The third-order valence-electron chi connectivity index (χ3n) is 4.80. The van der Waals surface area contributed by atoms with Crippen LogP contribution in [0.5, 0.6) is 0 Å². The average Bonchev–Trinajstić information content (AvgIpc) is 2.84. The van der Waals surface area contributed by atoms with Crippen molar-refractivity contribution in [2.24, 2.45) is 5.92 Å². The minimum atomic E-state index is -0.480. The predicted octanol–water partition coefficient (Wildman–Crippen LogP) is 4.19. The van der Waals surface area contributed by atoms with E-state index in [4.69, 9.17) is 0 Å². The number of nitrogens with zero attached hydrogens (tertiary/aromatic N) is 1. The Morgan fingerprint density at radius 1 is 1.25 bits per heavy atom. The van der Waals surface area contributed by atoms with Crippen LogP contribution < -0.4 is 0 Å². The molecular weight excluding hydrogens is 302 g/mol. The molecule has 130 valence electrons. The number of rotatable bonds is 8. The molecule has 2 rings (SSSR count). The maximum atomic E-state index is 12.6. The summed E-state index contributed by atoms with van der Waals surface area (Å²) in [5.41, 5.74) is 1.09. The Bertz CT molecular complexity index is 621. The smallest absolute Gasteiger partial charge is 0.290 e. The SMILES string of the molecule is CCCCC(CC)CN1C(=O)C(O)=C(C(C)=O)C1c1ccccc1. The maximum Gasteiger partial charge on any atom is 0.290 e. The van der Waals surface area contributed by atoms with Crippen LogP contribution in [-0.2, 0) is 9.59 Å². The first kappa shape index (κ1) is 18.2. The van der Waals surface area contributed by atoms with E-state index in [1.165, 1.54) is 6.92 Å². The standard InChI is InChI=1S/C20H27NO3/c1-4-6-10-15(5-2)13-21-18(16-11-8-7-9-12-16)17(14(3)22)19(23)20(21)24/h7-9,11-12,15,18,23H,4-6,10,13H2,1-3H3. The van der Waals surface area contributed by atoms with Crippen LogP contribution in [-0.4, -0.2) is 28.2 Å². The largest absolute Gasteiger partial charge is 0.503 e. The van der Waals surface area contributed by atoms with Gasteiger partial charge in [-0.15, -0.1) is 0 Å². The average molecular weight is 329 g/mol. The molecule has 0 aromatic heterocycles. The summed E-state index contributed by atoms with van der Waals surface area (Å²) < 4.78 is 0. The summed E-state index contributed by atoms with van der Waals surface area (Å²) in [4.78, 5) is 26.3. The van der Waals surface area contributed by atoms with E-state index in [9.17, 15) is 14.7 Å².